The number of aromatic nitrogens is 1. The number of hydrogen-bond acceptors (Lipinski definition) is 4. The Labute approximate surface area is 117 Å². The van der Waals surface area contributed by atoms with Crippen LogP contribution in [0.25, 0.3) is 0 Å². The lowest BCUT2D eigenvalue weighted by atomic mass is 10.1. The lowest BCUT2D eigenvalue weighted by Crippen LogP contribution is -2.28. The summed E-state index contributed by atoms with van der Waals surface area (Å²) in [6.45, 7) is 5.22. The minimum absolute atomic E-state index is 0.00530. The summed E-state index contributed by atoms with van der Waals surface area (Å²) < 4.78 is 1.70. The number of carbonyl (C=O) groups excluding carboxylic acids is 1. The summed E-state index contributed by atoms with van der Waals surface area (Å²) in [7, 11) is 0. The van der Waals surface area contributed by atoms with E-state index in [9.17, 15) is 9.59 Å². The molecule has 0 saturated heterocycles. The van der Waals surface area contributed by atoms with Crippen molar-refractivity contribution >= 4 is 17.2 Å². The van der Waals surface area contributed by atoms with E-state index in [1.54, 1.807) is 4.57 Å². The summed E-state index contributed by atoms with van der Waals surface area (Å²) in [5.41, 5.74) is 0.951. The first-order chi connectivity index (χ1) is 9.04. The number of aliphatic hydroxyl groups excluding tert-OH is 1. The predicted octanol–water partition coefficient (Wildman–Crippen LogP) is 1.13. The second-order valence-electron chi connectivity index (χ2n) is 4.82. The van der Waals surface area contributed by atoms with Gasteiger partial charge in [0.1, 0.15) is 0 Å². The van der Waals surface area contributed by atoms with Crippen LogP contribution in [-0.4, -0.2) is 28.7 Å². The number of aliphatic hydroxyl groups is 1. The fourth-order valence-corrected chi connectivity index (χ4v) is 2.53. The van der Waals surface area contributed by atoms with Crippen molar-refractivity contribution in [1.29, 1.82) is 0 Å². The van der Waals surface area contributed by atoms with Gasteiger partial charge < -0.3 is 15.0 Å². The standard InChI is InChI=1S/C13H22N2O3S/c1-10(5-7-16)8-14-12(17)4-3-6-15-11(2)9-19-13(15)18/h9-10,16H,3-8H2,1-2H3,(H,14,17). The second-order valence-corrected chi connectivity index (χ2v) is 5.64. The van der Waals surface area contributed by atoms with Gasteiger partial charge in [0.2, 0.25) is 5.91 Å². The van der Waals surface area contributed by atoms with Gasteiger partial charge in [-0.05, 0) is 25.7 Å². The van der Waals surface area contributed by atoms with Crippen molar-refractivity contribution in [1.82, 2.24) is 9.88 Å². The first kappa shape index (κ1) is 15.9. The van der Waals surface area contributed by atoms with Gasteiger partial charge in [-0.1, -0.05) is 18.3 Å². The number of aryl methyl sites for hydroxylation is 1. The molecule has 0 aliphatic rings. The molecule has 2 N–H and O–H groups in total. The Morgan fingerprint density at radius 2 is 2.32 bits per heavy atom. The fourth-order valence-electron chi connectivity index (χ4n) is 1.77. The molecule has 5 nitrogen and oxygen atoms in total. The van der Waals surface area contributed by atoms with E-state index in [2.05, 4.69) is 5.32 Å². The summed E-state index contributed by atoms with van der Waals surface area (Å²) in [6, 6.07) is 0. The molecule has 1 atom stereocenters. The Balaban J connectivity index is 2.22. The van der Waals surface area contributed by atoms with E-state index < -0.39 is 0 Å². The van der Waals surface area contributed by atoms with Crippen LogP contribution in [0.1, 0.15) is 31.9 Å². The monoisotopic (exact) mass is 286 g/mol. The molecule has 0 bridgehead atoms. The maximum atomic E-state index is 11.6. The highest BCUT2D eigenvalue weighted by Gasteiger charge is 2.07. The van der Waals surface area contributed by atoms with Gasteiger partial charge >= 0.3 is 4.87 Å². The van der Waals surface area contributed by atoms with Crippen molar-refractivity contribution in [2.75, 3.05) is 13.2 Å². The number of rotatable bonds is 8. The lowest BCUT2D eigenvalue weighted by Gasteiger charge is -2.11. The molecule has 1 aromatic heterocycles. The molecule has 19 heavy (non-hydrogen) atoms. The lowest BCUT2D eigenvalue weighted by molar-refractivity contribution is -0.121. The highest BCUT2D eigenvalue weighted by molar-refractivity contribution is 7.07. The van der Waals surface area contributed by atoms with E-state index in [1.807, 2.05) is 19.2 Å². The molecule has 1 amide bonds. The predicted molar refractivity (Wildman–Crippen MR) is 76.4 cm³/mol. The van der Waals surface area contributed by atoms with E-state index in [1.165, 1.54) is 11.3 Å². The Morgan fingerprint density at radius 1 is 1.58 bits per heavy atom. The van der Waals surface area contributed by atoms with Crippen LogP contribution in [0.4, 0.5) is 0 Å². The van der Waals surface area contributed by atoms with Crippen molar-refractivity contribution in [2.24, 2.45) is 5.92 Å². The van der Waals surface area contributed by atoms with Gasteiger partial charge in [-0.2, -0.15) is 0 Å². The minimum atomic E-state index is 0.00530. The first-order valence-corrected chi connectivity index (χ1v) is 7.45. The van der Waals surface area contributed by atoms with Gasteiger partial charge in [-0.25, -0.2) is 0 Å². The van der Waals surface area contributed by atoms with E-state index >= 15 is 0 Å². The minimum Gasteiger partial charge on any atom is -0.396 e. The molecule has 0 radical (unpaired) electrons. The van der Waals surface area contributed by atoms with Gasteiger partial charge in [-0.15, -0.1) is 0 Å². The van der Waals surface area contributed by atoms with Crippen molar-refractivity contribution in [3.05, 3.63) is 20.7 Å². The Bertz CT molecular complexity index is 453. The van der Waals surface area contributed by atoms with Crippen LogP contribution < -0.4 is 10.2 Å². The summed E-state index contributed by atoms with van der Waals surface area (Å²) >= 11 is 1.19. The van der Waals surface area contributed by atoms with Crippen LogP contribution in [0.15, 0.2) is 10.2 Å². The molecule has 108 valence electrons. The number of amides is 1. The zero-order valence-corrected chi connectivity index (χ0v) is 12.3. The Morgan fingerprint density at radius 3 is 2.89 bits per heavy atom. The third kappa shape index (κ3) is 5.57. The molecule has 0 aliphatic carbocycles. The molecule has 1 rings (SSSR count). The average molecular weight is 286 g/mol. The van der Waals surface area contributed by atoms with Crippen molar-refractivity contribution in [3.8, 4) is 0 Å². The van der Waals surface area contributed by atoms with E-state index in [4.69, 9.17) is 5.11 Å². The van der Waals surface area contributed by atoms with Crippen LogP contribution in [0.3, 0.4) is 0 Å². The third-order valence-electron chi connectivity index (χ3n) is 3.03. The maximum absolute atomic E-state index is 11.6. The van der Waals surface area contributed by atoms with Crippen LogP contribution in [0, 0.1) is 12.8 Å². The fraction of sp³-hybridized carbons (Fsp3) is 0.692. The van der Waals surface area contributed by atoms with E-state index in [0.717, 1.165) is 5.69 Å². The maximum Gasteiger partial charge on any atom is 0.307 e. The molecule has 0 spiro atoms. The molecule has 1 aromatic rings. The van der Waals surface area contributed by atoms with Crippen molar-refractivity contribution in [2.45, 2.75) is 39.7 Å². The molecular formula is C13H22N2O3S. The quantitative estimate of drug-likeness (QED) is 0.752. The molecule has 6 heteroatoms. The Hall–Kier alpha value is -1.14. The highest BCUT2D eigenvalue weighted by Crippen LogP contribution is 2.03. The van der Waals surface area contributed by atoms with E-state index in [0.29, 0.717) is 32.4 Å². The second kappa shape index (κ2) is 8.12. The van der Waals surface area contributed by atoms with Crippen LogP contribution in [0.2, 0.25) is 0 Å². The van der Waals surface area contributed by atoms with Gasteiger partial charge in [0.25, 0.3) is 0 Å². The van der Waals surface area contributed by atoms with Crippen molar-refractivity contribution in [3.63, 3.8) is 0 Å². The summed E-state index contributed by atoms with van der Waals surface area (Å²) in [6.07, 6.45) is 1.79. The van der Waals surface area contributed by atoms with Gasteiger partial charge in [0, 0.05) is 37.2 Å². The molecular weight excluding hydrogens is 264 g/mol. The van der Waals surface area contributed by atoms with Gasteiger partial charge in [-0.3, -0.25) is 9.59 Å². The molecule has 0 aromatic carbocycles. The summed E-state index contributed by atoms with van der Waals surface area (Å²) in [4.78, 5) is 23.1. The Kier molecular flexibility index (Phi) is 6.80. The molecule has 0 aliphatic heterocycles. The van der Waals surface area contributed by atoms with E-state index in [-0.39, 0.29) is 23.3 Å². The molecule has 0 saturated carbocycles. The topological polar surface area (TPSA) is 71.3 Å². The van der Waals surface area contributed by atoms with Crippen LogP contribution in [-0.2, 0) is 11.3 Å². The smallest absolute Gasteiger partial charge is 0.307 e. The highest BCUT2D eigenvalue weighted by atomic mass is 32.1. The van der Waals surface area contributed by atoms with Crippen LogP contribution >= 0.6 is 11.3 Å². The van der Waals surface area contributed by atoms with Crippen LogP contribution in [0.5, 0.6) is 0 Å². The molecule has 1 heterocycles. The average Bonchev–Trinajstić information content (AvgIpc) is 2.68. The van der Waals surface area contributed by atoms with Gasteiger partial charge in [0.15, 0.2) is 0 Å². The zero-order chi connectivity index (χ0) is 14.3. The number of hydrogen-bond donors (Lipinski definition) is 2. The first-order valence-electron chi connectivity index (χ1n) is 6.57. The van der Waals surface area contributed by atoms with Gasteiger partial charge in [0.05, 0.1) is 0 Å². The largest absolute Gasteiger partial charge is 0.396 e. The molecule has 0 fully saturated rings. The SMILES string of the molecule is Cc1csc(=O)n1CCCC(=O)NCC(C)CCO. The number of nitrogens with one attached hydrogen (secondary N) is 1. The number of thiazole rings is 1. The normalized spacial score (nSPS) is 12.4. The third-order valence-corrected chi connectivity index (χ3v) is 3.91. The number of carbonyl (C=O) groups is 1. The van der Waals surface area contributed by atoms with Crippen molar-refractivity contribution < 1.29 is 9.90 Å². The summed E-state index contributed by atoms with van der Waals surface area (Å²) in [5, 5.41) is 13.4. The molecule has 1 unspecified atom stereocenters. The zero-order valence-electron chi connectivity index (χ0n) is 11.5. The number of nitrogens with zero attached hydrogens (tertiary/aromatic N) is 1. The summed E-state index contributed by atoms with van der Waals surface area (Å²) in [5.74, 6) is 0.293.